The molecule has 1 saturated heterocycles. The molecule has 0 aromatic heterocycles. The fraction of sp³-hybridized carbons (Fsp3) is 1.00. The van der Waals surface area contributed by atoms with Crippen molar-refractivity contribution < 1.29 is 5.11 Å². The number of likely N-dealkylation sites (tertiary alicyclic amines) is 1. The highest BCUT2D eigenvalue weighted by Crippen LogP contribution is 2.37. The SMILES string of the molecule is CC(N)C(CO)N1CCC2CCCCC21. The second-order valence-corrected chi connectivity index (χ2v) is 5.25. The first-order chi connectivity index (χ1) is 7.24. The van der Waals surface area contributed by atoms with Crippen LogP contribution in [0.25, 0.3) is 0 Å². The summed E-state index contributed by atoms with van der Waals surface area (Å²) in [7, 11) is 0. The van der Waals surface area contributed by atoms with E-state index < -0.39 is 0 Å². The van der Waals surface area contributed by atoms with Gasteiger partial charge in [-0.2, -0.15) is 0 Å². The summed E-state index contributed by atoms with van der Waals surface area (Å²) < 4.78 is 0. The lowest BCUT2D eigenvalue weighted by Gasteiger charge is -2.38. The Kier molecular flexibility index (Phi) is 3.65. The molecule has 0 aromatic rings. The Morgan fingerprint density at radius 1 is 1.33 bits per heavy atom. The Morgan fingerprint density at radius 3 is 2.73 bits per heavy atom. The zero-order chi connectivity index (χ0) is 10.8. The molecule has 2 aliphatic rings. The monoisotopic (exact) mass is 212 g/mol. The molecular formula is C12H24N2O. The number of nitrogens with two attached hydrogens (primary N) is 1. The fourth-order valence-electron chi connectivity index (χ4n) is 3.43. The maximum Gasteiger partial charge on any atom is 0.0601 e. The van der Waals surface area contributed by atoms with Crippen LogP contribution in [0.3, 0.4) is 0 Å². The number of aliphatic hydroxyl groups is 1. The third kappa shape index (κ3) is 2.19. The van der Waals surface area contributed by atoms with Crippen LogP contribution in [0.1, 0.15) is 39.0 Å². The lowest BCUT2D eigenvalue weighted by Crippen LogP contribution is -2.51. The molecule has 1 heterocycles. The van der Waals surface area contributed by atoms with Crippen LogP contribution in [0.2, 0.25) is 0 Å². The minimum absolute atomic E-state index is 0.0793. The Hall–Kier alpha value is -0.120. The van der Waals surface area contributed by atoms with E-state index in [0.717, 1.165) is 12.5 Å². The first kappa shape index (κ1) is 11.4. The van der Waals surface area contributed by atoms with Crippen LogP contribution in [-0.2, 0) is 0 Å². The van der Waals surface area contributed by atoms with E-state index in [-0.39, 0.29) is 18.7 Å². The zero-order valence-electron chi connectivity index (χ0n) is 9.73. The quantitative estimate of drug-likeness (QED) is 0.732. The lowest BCUT2D eigenvalue weighted by atomic mass is 9.85. The predicted octanol–water partition coefficient (Wildman–Crippen LogP) is 0.959. The molecule has 2 rings (SSSR count). The fourth-order valence-corrected chi connectivity index (χ4v) is 3.43. The van der Waals surface area contributed by atoms with Gasteiger partial charge in [0.1, 0.15) is 0 Å². The van der Waals surface area contributed by atoms with Crippen LogP contribution in [0.15, 0.2) is 0 Å². The maximum atomic E-state index is 9.43. The van der Waals surface area contributed by atoms with E-state index in [4.69, 9.17) is 5.73 Å². The molecule has 1 aliphatic heterocycles. The largest absolute Gasteiger partial charge is 0.395 e. The van der Waals surface area contributed by atoms with Gasteiger partial charge in [-0.15, -0.1) is 0 Å². The number of rotatable bonds is 3. The zero-order valence-corrected chi connectivity index (χ0v) is 9.73. The summed E-state index contributed by atoms with van der Waals surface area (Å²) in [4.78, 5) is 2.48. The second kappa shape index (κ2) is 4.81. The van der Waals surface area contributed by atoms with Crippen LogP contribution in [0.5, 0.6) is 0 Å². The molecule has 88 valence electrons. The summed E-state index contributed by atoms with van der Waals surface area (Å²) >= 11 is 0. The molecule has 0 amide bonds. The Morgan fingerprint density at radius 2 is 2.07 bits per heavy atom. The Balaban J connectivity index is 2.02. The van der Waals surface area contributed by atoms with Crippen LogP contribution in [0.4, 0.5) is 0 Å². The molecule has 4 atom stereocenters. The summed E-state index contributed by atoms with van der Waals surface area (Å²) in [6, 6.07) is 0.968. The number of fused-ring (bicyclic) bond motifs is 1. The highest BCUT2D eigenvalue weighted by Gasteiger charge is 2.39. The van der Waals surface area contributed by atoms with Crippen LogP contribution in [-0.4, -0.2) is 41.3 Å². The lowest BCUT2D eigenvalue weighted by molar-refractivity contribution is 0.0748. The van der Waals surface area contributed by atoms with Crippen molar-refractivity contribution in [1.82, 2.24) is 4.90 Å². The van der Waals surface area contributed by atoms with Gasteiger partial charge in [0.2, 0.25) is 0 Å². The van der Waals surface area contributed by atoms with Crippen molar-refractivity contribution in [1.29, 1.82) is 0 Å². The van der Waals surface area contributed by atoms with Crippen molar-refractivity contribution in [2.45, 2.75) is 57.2 Å². The van der Waals surface area contributed by atoms with Gasteiger partial charge < -0.3 is 10.8 Å². The number of hydrogen-bond acceptors (Lipinski definition) is 3. The first-order valence-electron chi connectivity index (χ1n) is 6.36. The van der Waals surface area contributed by atoms with Gasteiger partial charge in [0, 0.05) is 18.1 Å². The van der Waals surface area contributed by atoms with E-state index in [2.05, 4.69) is 4.90 Å². The summed E-state index contributed by atoms with van der Waals surface area (Å²) in [5, 5.41) is 9.43. The molecule has 0 spiro atoms. The maximum absolute atomic E-state index is 9.43. The van der Waals surface area contributed by atoms with E-state index >= 15 is 0 Å². The standard InChI is InChI=1S/C12H24N2O/c1-9(13)12(8-15)14-7-6-10-4-2-3-5-11(10)14/h9-12,15H,2-8,13H2,1H3. The van der Waals surface area contributed by atoms with Gasteiger partial charge in [0.25, 0.3) is 0 Å². The molecule has 2 fully saturated rings. The van der Waals surface area contributed by atoms with Gasteiger partial charge in [0.05, 0.1) is 6.61 Å². The Labute approximate surface area is 92.6 Å². The van der Waals surface area contributed by atoms with Crippen molar-refractivity contribution in [2.24, 2.45) is 11.7 Å². The average Bonchev–Trinajstić information content (AvgIpc) is 2.63. The van der Waals surface area contributed by atoms with Gasteiger partial charge >= 0.3 is 0 Å². The van der Waals surface area contributed by atoms with Crippen molar-refractivity contribution in [2.75, 3.05) is 13.2 Å². The summed E-state index contributed by atoms with van der Waals surface area (Å²) in [5.41, 5.74) is 5.95. The van der Waals surface area contributed by atoms with Gasteiger partial charge in [-0.1, -0.05) is 12.8 Å². The van der Waals surface area contributed by atoms with E-state index in [9.17, 15) is 5.11 Å². The van der Waals surface area contributed by atoms with Crippen LogP contribution < -0.4 is 5.73 Å². The predicted molar refractivity (Wildman–Crippen MR) is 61.6 cm³/mol. The third-order valence-electron chi connectivity index (χ3n) is 4.27. The molecule has 0 radical (unpaired) electrons. The minimum atomic E-state index is 0.0793. The molecule has 15 heavy (non-hydrogen) atoms. The average molecular weight is 212 g/mol. The van der Waals surface area contributed by atoms with E-state index in [0.29, 0.717) is 6.04 Å². The smallest absolute Gasteiger partial charge is 0.0601 e. The molecule has 3 heteroatoms. The number of hydrogen-bond donors (Lipinski definition) is 2. The van der Waals surface area contributed by atoms with Crippen LogP contribution in [0, 0.1) is 5.92 Å². The summed E-state index contributed by atoms with van der Waals surface area (Å²) in [6.45, 7) is 3.36. The van der Waals surface area contributed by atoms with Gasteiger partial charge in [0.15, 0.2) is 0 Å². The third-order valence-corrected chi connectivity index (χ3v) is 4.27. The first-order valence-corrected chi connectivity index (χ1v) is 6.36. The van der Waals surface area contributed by atoms with E-state index in [1.165, 1.54) is 32.1 Å². The van der Waals surface area contributed by atoms with Crippen molar-refractivity contribution in [3.63, 3.8) is 0 Å². The Bertz CT molecular complexity index is 208. The molecule has 0 aromatic carbocycles. The topological polar surface area (TPSA) is 49.5 Å². The van der Waals surface area contributed by atoms with Gasteiger partial charge in [-0.25, -0.2) is 0 Å². The molecular weight excluding hydrogens is 188 g/mol. The molecule has 1 aliphatic carbocycles. The molecule has 3 nitrogen and oxygen atoms in total. The highest BCUT2D eigenvalue weighted by molar-refractivity contribution is 4.94. The molecule has 1 saturated carbocycles. The summed E-state index contributed by atoms with van der Waals surface area (Å²) in [5.74, 6) is 0.881. The van der Waals surface area contributed by atoms with Crippen LogP contribution >= 0.6 is 0 Å². The van der Waals surface area contributed by atoms with Gasteiger partial charge in [-0.05, 0) is 38.6 Å². The second-order valence-electron chi connectivity index (χ2n) is 5.25. The summed E-state index contributed by atoms with van der Waals surface area (Å²) in [6.07, 6.45) is 6.77. The minimum Gasteiger partial charge on any atom is -0.395 e. The van der Waals surface area contributed by atoms with Gasteiger partial charge in [-0.3, -0.25) is 4.90 Å². The van der Waals surface area contributed by atoms with Crippen molar-refractivity contribution >= 4 is 0 Å². The molecule has 3 N–H and O–H groups in total. The molecule has 4 unspecified atom stereocenters. The number of aliphatic hydroxyl groups excluding tert-OH is 1. The van der Waals surface area contributed by atoms with E-state index in [1.807, 2.05) is 6.92 Å². The highest BCUT2D eigenvalue weighted by atomic mass is 16.3. The van der Waals surface area contributed by atoms with Crippen molar-refractivity contribution in [3.05, 3.63) is 0 Å². The molecule has 0 bridgehead atoms. The number of nitrogens with zero attached hydrogens (tertiary/aromatic N) is 1. The van der Waals surface area contributed by atoms with Crippen molar-refractivity contribution in [3.8, 4) is 0 Å². The van der Waals surface area contributed by atoms with E-state index in [1.54, 1.807) is 0 Å². The normalized spacial score (nSPS) is 36.2.